The Kier molecular flexibility index (Phi) is 6.46. The quantitative estimate of drug-likeness (QED) is 0.723. The van der Waals surface area contributed by atoms with Crippen LogP contribution < -0.4 is 4.90 Å². The number of anilines is 1. The van der Waals surface area contributed by atoms with Gasteiger partial charge in [-0.2, -0.15) is 0 Å². The number of aromatic nitrogens is 1. The molecule has 0 unspecified atom stereocenters. The van der Waals surface area contributed by atoms with Crippen molar-refractivity contribution < 1.29 is 9.53 Å². The van der Waals surface area contributed by atoms with E-state index >= 15 is 0 Å². The van der Waals surface area contributed by atoms with Crippen molar-refractivity contribution in [3.63, 3.8) is 0 Å². The van der Waals surface area contributed by atoms with Crippen molar-refractivity contribution in [3.05, 3.63) is 22.8 Å². The Morgan fingerprint density at radius 3 is 2.65 bits per heavy atom. The van der Waals surface area contributed by atoms with Crippen LogP contribution in [0.25, 0.3) is 0 Å². The first-order valence-corrected chi connectivity index (χ1v) is 7.75. The van der Waals surface area contributed by atoms with E-state index in [1.165, 1.54) is 0 Å². The fourth-order valence-electron chi connectivity index (χ4n) is 1.70. The van der Waals surface area contributed by atoms with Gasteiger partial charge < -0.3 is 4.74 Å². The van der Waals surface area contributed by atoms with Gasteiger partial charge in [0.2, 0.25) is 0 Å². The summed E-state index contributed by atoms with van der Waals surface area (Å²) in [5.74, 6) is 0.609. The molecule has 1 heterocycles. The Morgan fingerprint density at radius 1 is 1.40 bits per heavy atom. The van der Waals surface area contributed by atoms with Crippen LogP contribution in [0.15, 0.2) is 22.8 Å². The molecular weight excluding hydrogens is 320 g/mol. The van der Waals surface area contributed by atoms with Gasteiger partial charge in [0.05, 0.1) is 4.47 Å². The molecule has 4 nitrogen and oxygen atoms in total. The molecule has 0 spiro atoms. The molecule has 0 saturated heterocycles. The van der Waals surface area contributed by atoms with Crippen LogP contribution in [0.5, 0.6) is 0 Å². The zero-order chi connectivity index (χ0) is 15.2. The van der Waals surface area contributed by atoms with E-state index in [0.29, 0.717) is 12.4 Å². The Bertz CT molecular complexity index is 444. The average Bonchev–Trinajstić information content (AvgIpc) is 2.34. The number of pyridine rings is 1. The highest BCUT2D eigenvalue weighted by molar-refractivity contribution is 9.10. The van der Waals surface area contributed by atoms with E-state index in [9.17, 15) is 4.79 Å². The number of ether oxygens (including phenoxy) is 1. The highest BCUT2D eigenvalue weighted by Gasteiger charge is 2.25. The molecule has 1 amide bonds. The Morgan fingerprint density at radius 2 is 2.10 bits per heavy atom. The number of unbranched alkanes of at least 4 members (excludes halogenated alkanes) is 2. The number of rotatable bonds is 5. The standard InChI is InChI=1S/C15H23BrN2O2/c1-5-6-7-11-18(14(19)20-15(2,3)4)13-12(16)9-8-10-17-13/h8-10H,5-7,11H2,1-4H3. The Hall–Kier alpha value is -1.10. The summed E-state index contributed by atoms with van der Waals surface area (Å²) < 4.78 is 6.26. The second-order valence-electron chi connectivity index (χ2n) is 5.65. The van der Waals surface area contributed by atoms with Gasteiger partial charge in [-0.1, -0.05) is 19.8 Å². The van der Waals surface area contributed by atoms with E-state index in [1.807, 2.05) is 32.9 Å². The van der Waals surface area contributed by atoms with Gasteiger partial charge in [-0.3, -0.25) is 4.90 Å². The van der Waals surface area contributed by atoms with E-state index < -0.39 is 5.60 Å². The summed E-state index contributed by atoms with van der Waals surface area (Å²) in [6, 6.07) is 3.70. The van der Waals surface area contributed by atoms with Crippen molar-refractivity contribution >= 4 is 27.8 Å². The van der Waals surface area contributed by atoms with E-state index in [-0.39, 0.29) is 6.09 Å². The lowest BCUT2D eigenvalue weighted by Gasteiger charge is -2.27. The van der Waals surface area contributed by atoms with Crippen LogP contribution in [0.4, 0.5) is 10.6 Å². The zero-order valence-corrected chi connectivity index (χ0v) is 14.2. The molecule has 0 N–H and O–H groups in total. The molecule has 0 bridgehead atoms. The SMILES string of the molecule is CCCCCN(C(=O)OC(C)(C)C)c1ncccc1Br. The highest BCUT2D eigenvalue weighted by atomic mass is 79.9. The van der Waals surface area contributed by atoms with Crippen LogP contribution in [0.1, 0.15) is 47.0 Å². The normalized spacial score (nSPS) is 11.2. The maximum Gasteiger partial charge on any atom is 0.416 e. The summed E-state index contributed by atoms with van der Waals surface area (Å²) in [7, 11) is 0. The summed E-state index contributed by atoms with van der Waals surface area (Å²) in [6.45, 7) is 8.33. The molecule has 0 aromatic carbocycles. The third-order valence-electron chi connectivity index (χ3n) is 2.59. The van der Waals surface area contributed by atoms with Gasteiger partial charge in [0, 0.05) is 12.7 Å². The minimum atomic E-state index is -0.513. The van der Waals surface area contributed by atoms with Crippen molar-refractivity contribution in [1.29, 1.82) is 0 Å². The van der Waals surface area contributed by atoms with Crippen LogP contribution in [-0.2, 0) is 4.74 Å². The predicted octanol–water partition coefficient (Wildman–Crippen LogP) is 4.78. The first kappa shape index (κ1) is 17.0. The van der Waals surface area contributed by atoms with Crippen LogP contribution in [0.3, 0.4) is 0 Å². The van der Waals surface area contributed by atoms with Gasteiger partial charge in [0.25, 0.3) is 0 Å². The lowest BCUT2D eigenvalue weighted by atomic mass is 10.2. The van der Waals surface area contributed by atoms with E-state index in [1.54, 1.807) is 11.1 Å². The van der Waals surface area contributed by atoms with Gasteiger partial charge in [-0.25, -0.2) is 9.78 Å². The van der Waals surface area contributed by atoms with Gasteiger partial charge in [-0.05, 0) is 55.3 Å². The molecule has 1 rings (SSSR count). The smallest absolute Gasteiger partial charge is 0.416 e. The number of hydrogen-bond acceptors (Lipinski definition) is 3. The van der Waals surface area contributed by atoms with Crippen molar-refractivity contribution in [3.8, 4) is 0 Å². The number of nitrogens with zero attached hydrogens (tertiary/aromatic N) is 2. The largest absolute Gasteiger partial charge is 0.443 e. The number of halogens is 1. The minimum Gasteiger partial charge on any atom is -0.443 e. The van der Waals surface area contributed by atoms with Crippen molar-refractivity contribution in [2.45, 2.75) is 52.6 Å². The Labute approximate surface area is 129 Å². The van der Waals surface area contributed by atoms with Crippen LogP contribution in [0, 0.1) is 0 Å². The molecule has 1 aromatic rings. The highest BCUT2D eigenvalue weighted by Crippen LogP contribution is 2.25. The first-order chi connectivity index (χ1) is 9.35. The molecule has 20 heavy (non-hydrogen) atoms. The Balaban J connectivity index is 2.90. The monoisotopic (exact) mass is 342 g/mol. The van der Waals surface area contributed by atoms with Gasteiger partial charge >= 0.3 is 6.09 Å². The number of carbonyl (C=O) groups is 1. The molecule has 0 radical (unpaired) electrons. The van der Waals surface area contributed by atoms with Gasteiger partial charge in [0.1, 0.15) is 5.60 Å². The average molecular weight is 343 g/mol. The lowest BCUT2D eigenvalue weighted by Crippen LogP contribution is -2.38. The molecule has 0 saturated carbocycles. The van der Waals surface area contributed by atoms with E-state index in [2.05, 4.69) is 27.8 Å². The summed E-state index contributed by atoms with van der Waals surface area (Å²) in [4.78, 5) is 18.2. The predicted molar refractivity (Wildman–Crippen MR) is 85.0 cm³/mol. The van der Waals surface area contributed by atoms with Crippen molar-refractivity contribution in [2.24, 2.45) is 0 Å². The minimum absolute atomic E-state index is 0.354. The summed E-state index contributed by atoms with van der Waals surface area (Å²) >= 11 is 3.44. The molecule has 1 aromatic heterocycles. The molecule has 5 heteroatoms. The second-order valence-corrected chi connectivity index (χ2v) is 6.50. The third-order valence-corrected chi connectivity index (χ3v) is 3.21. The molecule has 0 aliphatic carbocycles. The lowest BCUT2D eigenvalue weighted by molar-refractivity contribution is 0.0578. The topological polar surface area (TPSA) is 42.4 Å². The van der Waals surface area contributed by atoms with Crippen LogP contribution in [-0.4, -0.2) is 23.2 Å². The first-order valence-electron chi connectivity index (χ1n) is 6.96. The maximum atomic E-state index is 12.3. The third kappa shape index (κ3) is 5.49. The number of hydrogen-bond donors (Lipinski definition) is 0. The van der Waals surface area contributed by atoms with E-state index in [0.717, 1.165) is 23.7 Å². The van der Waals surface area contributed by atoms with Gasteiger partial charge in [-0.15, -0.1) is 0 Å². The fourth-order valence-corrected chi connectivity index (χ4v) is 2.17. The second kappa shape index (κ2) is 7.62. The van der Waals surface area contributed by atoms with E-state index in [4.69, 9.17) is 4.74 Å². The fraction of sp³-hybridized carbons (Fsp3) is 0.600. The molecule has 0 aliphatic rings. The van der Waals surface area contributed by atoms with Crippen molar-refractivity contribution in [2.75, 3.05) is 11.4 Å². The van der Waals surface area contributed by atoms with Gasteiger partial charge in [0.15, 0.2) is 5.82 Å². The van der Waals surface area contributed by atoms with Crippen molar-refractivity contribution in [1.82, 2.24) is 4.98 Å². The number of amides is 1. The molecule has 0 fully saturated rings. The molecule has 0 aliphatic heterocycles. The molecular formula is C15H23BrN2O2. The summed E-state index contributed by atoms with van der Waals surface area (Å²) in [5, 5.41) is 0. The van der Waals surface area contributed by atoms with Crippen LogP contribution in [0.2, 0.25) is 0 Å². The summed E-state index contributed by atoms with van der Waals surface area (Å²) in [6.07, 6.45) is 4.43. The zero-order valence-electron chi connectivity index (χ0n) is 12.6. The maximum absolute atomic E-state index is 12.3. The molecule has 0 atom stereocenters. The van der Waals surface area contributed by atoms with Crippen LogP contribution >= 0.6 is 15.9 Å². The number of carbonyl (C=O) groups excluding carboxylic acids is 1. The summed E-state index contributed by atoms with van der Waals surface area (Å²) in [5.41, 5.74) is -0.513. The molecule has 112 valence electrons.